The Kier molecular flexibility index (Phi) is 6.00. The van der Waals surface area contributed by atoms with Gasteiger partial charge in [0.05, 0.1) is 16.8 Å². The number of nitrogens with one attached hydrogen (secondary N) is 3. The summed E-state index contributed by atoms with van der Waals surface area (Å²) in [6.45, 7) is 0. The monoisotopic (exact) mass is 472 g/mol. The highest BCUT2D eigenvalue weighted by Gasteiger charge is 2.25. The van der Waals surface area contributed by atoms with Crippen molar-refractivity contribution in [2.24, 2.45) is 5.92 Å². The number of rotatable bonds is 9. The van der Waals surface area contributed by atoms with Gasteiger partial charge in [-0.05, 0) is 72.4 Å². The molecule has 172 valence electrons. The number of aromatic nitrogens is 2. The molecular weight excluding hydrogens is 450 g/mol. The third-order valence-corrected chi connectivity index (χ3v) is 6.46. The zero-order valence-corrected chi connectivity index (χ0v) is 18.3. The van der Waals surface area contributed by atoms with Crippen molar-refractivity contribution < 1.29 is 18.8 Å². The summed E-state index contributed by atoms with van der Waals surface area (Å²) < 4.78 is 30.1. The lowest BCUT2D eigenvalue weighted by molar-refractivity contribution is 0.0433. The standard InChI is InChI=1S/C22H22F2N6O2S/c23-16-8-9-17(29-30(32)33-10-12-4-5-12)18(24)20(16)28-22(31)15-3-1-2-14-19(15)25-11-26-21(14)27-13-6-7-13/h1-3,8-9,11-13,29,32H,4-7,10H2,(H,28,31)(H,25,26,27). The highest BCUT2D eigenvalue weighted by molar-refractivity contribution is 7.96. The Morgan fingerprint density at radius 3 is 2.73 bits per heavy atom. The van der Waals surface area contributed by atoms with Crippen molar-refractivity contribution in [3.63, 3.8) is 0 Å². The molecule has 2 aliphatic carbocycles. The van der Waals surface area contributed by atoms with Crippen LogP contribution in [0.25, 0.3) is 10.9 Å². The van der Waals surface area contributed by atoms with Gasteiger partial charge in [-0.1, -0.05) is 6.07 Å². The van der Waals surface area contributed by atoms with E-state index in [2.05, 4.69) is 26.0 Å². The van der Waals surface area contributed by atoms with E-state index in [4.69, 9.17) is 0 Å². The number of benzene rings is 2. The lowest BCUT2D eigenvalue weighted by Gasteiger charge is -2.18. The summed E-state index contributed by atoms with van der Waals surface area (Å²) in [5, 5.41) is 16.2. The summed E-state index contributed by atoms with van der Waals surface area (Å²) in [6.07, 6.45) is 5.68. The average Bonchev–Trinajstić information content (AvgIpc) is 3.73. The molecule has 0 bridgehead atoms. The topological polar surface area (TPSA) is 102 Å². The highest BCUT2D eigenvalue weighted by Crippen LogP contribution is 2.34. The van der Waals surface area contributed by atoms with Gasteiger partial charge in [-0.2, -0.15) is 0 Å². The molecule has 2 aromatic carbocycles. The maximum absolute atomic E-state index is 15.0. The minimum atomic E-state index is -1.03. The van der Waals surface area contributed by atoms with E-state index < -0.39 is 23.2 Å². The molecule has 4 N–H and O–H groups in total. The molecule has 8 nitrogen and oxygen atoms in total. The van der Waals surface area contributed by atoms with Crippen LogP contribution >= 0.6 is 11.9 Å². The number of para-hydroxylation sites is 1. The molecule has 0 spiro atoms. The SMILES string of the molecule is O=C(Nc1c(F)ccc(NN(O)SCC2CC2)c1F)c1cccc2c(NC3CC3)ncnc12. The van der Waals surface area contributed by atoms with Gasteiger partial charge in [0, 0.05) is 17.2 Å². The van der Waals surface area contributed by atoms with Crippen LogP contribution in [0.3, 0.4) is 0 Å². The average molecular weight is 473 g/mol. The van der Waals surface area contributed by atoms with E-state index in [-0.39, 0.29) is 11.3 Å². The molecule has 0 unspecified atom stereocenters. The molecule has 11 heteroatoms. The zero-order valence-electron chi connectivity index (χ0n) is 17.5. The summed E-state index contributed by atoms with van der Waals surface area (Å²) in [6, 6.07) is 7.52. The van der Waals surface area contributed by atoms with Gasteiger partial charge in [-0.3, -0.25) is 15.4 Å². The van der Waals surface area contributed by atoms with Crippen LogP contribution in [0.4, 0.5) is 26.0 Å². The number of hydrazine groups is 1. The lowest BCUT2D eigenvalue weighted by Crippen LogP contribution is -2.21. The molecule has 3 aromatic rings. The molecule has 0 radical (unpaired) electrons. The maximum atomic E-state index is 15.0. The fourth-order valence-electron chi connectivity index (χ4n) is 3.34. The molecule has 2 fully saturated rings. The lowest BCUT2D eigenvalue weighted by atomic mass is 10.1. The van der Waals surface area contributed by atoms with Crippen molar-refractivity contribution in [2.45, 2.75) is 31.7 Å². The molecule has 1 heterocycles. The third-order valence-electron chi connectivity index (χ3n) is 5.50. The van der Waals surface area contributed by atoms with Crippen molar-refractivity contribution in [1.82, 2.24) is 14.5 Å². The molecule has 2 saturated carbocycles. The second-order valence-corrected chi connectivity index (χ2v) is 9.14. The normalized spacial score (nSPS) is 15.6. The first-order valence-corrected chi connectivity index (χ1v) is 11.6. The number of fused-ring (bicyclic) bond motifs is 1. The first kappa shape index (κ1) is 21.8. The van der Waals surface area contributed by atoms with Gasteiger partial charge in [0.15, 0.2) is 5.82 Å². The number of hydrogen-bond donors (Lipinski definition) is 4. The van der Waals surface area contributed by atoms with Crippen LogP contribution in [0.5, 0.6) is 0 Å². The van der Waals surface area contributed by atoms with Gasteiger partial charge in [0.2, 0.25) is 0 Å². The number of carbonyl (C=O) groups is 1. The van der Waals surface area contributed by atoms with Gasteiger partial charge in [-0.25, -0.2) is 18.7 Å². The first-order valence-electron chi connectivity index (χ1n) is 10.7. The molecule has 1 aromatic heterocycles. The van der Waals surface area contributed by atoms with Crippen LogP contribution in [0.1, 0.15) is 36.0 Å². The Balaban J connectivity index is 1.37. The molecule has 0 atom stereocenters. The van der Waals surface area contributed by atoms with E-state index in [0.29, 0.717) is 39.0 Å². The summed E-state index contributed by atoms with van der Waals surface area (Å²) in [5.74, 6) is -0.823. The second kappa shape index (κ2) is 9.08. The van der Waals surface area contributed by atoms with Crippen molar-refractivity contribution >= 4 is 46.0 Å². The van der Waals surface area contributed by atoms with Gasteiger partial charge >= 0.3 is 0 Å². The summed E-state index contributed by atoms with van der Waals surface area (Å²) in [5.41, 5.74) is 2.21. The summed E-state index contributed by atoms with van der Waals surface area (Å²) >= 11 is 1.09. The number of anilines is 3. The molecule has 33 heavy (non-hydrogen) atoms. The number of hydrogen-bond acceptors (Lipinski definition) is 8. The molecular formula is C22H22F2N6O2S. The van der Waals surface area contributed by atoms with Gasteiger partial charge in [-0.15, -0.1) is 0 Å². The molecule has 0 aliphatic heterocycles. The maximum Gasteiger partial charge on any atom is 0.258 e. The van der Waals surface area contributed by atoms with E-state index in [1.165, 1.54) is 12.4 Å². The van der Waals surface area contributed by atoms with Crippen molar-refractivity contribution in [3.05, 3.63) is 53.9 Å². The predicted octanol–water partition coefficient (Wildman–Crippen LogP) is 4.81. The zero-order chi connectivity index (χ0) is 22.9. The van der Waals surface area contributed by atoms with E-state index >= 15 is 4.39 Å². The van der Waals surface area contributed by atoms with Gasteiger partial charge < -0.3 is 10.6 Å². The third kappa shape index (κ3) is 5.00. The number of halogens is 2. The Bertz CT molecular complexity index is 1200. The van der Waals surface area contributed by atoms with Crippen LogP contribution in [0, 0.1) is 17.6 Å². The van der Waals surface area contributed by atoms with Crippen LogP contribution in [-0.2, 0) is 0 Å². The van der Waals surface area contributed by atoms with E-state index in [9.17, 15) is 14.4 Å². The van der Waals surface area contributed by atoms with Crippen LogP contribution in [0.2, 0.25) is 0 Å². The fraction of sp³-hybridized carbons (Fsp3) is 0.318. The van der Waals surface area contributed by atoms with E-state index in [1.807, 2.05) is 0 Å². The molecule has 0 saturated heterocycles. The van der Waals surface area contributed by atoms with Crippen molar-refractivity contribution in [1.29, 1.82) is 0 Å². The first-order chi connectivity index (χ1) is 16.0. The summed E-state index contributed by atoms with van der Waals surface area (Å²) in [7, 11) is 0. The number of carbonyl (C=O) groups excluding carboxylic acids is 1. The Labute approximate surface area is 192 Å². The second-order valence-electron chi connectivity index (χ2n) is 8.20. The molecule has 2 aliphatic rings. The quantitative estimate of drug-likeness (QED) is 0.260. The highest BCUT2D eigenvalue weighted by atomic mass is 32.2. The Hall–Kier alpha value is -3.02. The minimum absolute atomic E-state index is 0.162. The van der Waals surface area contributed by atoms with Gasteiger partial charge in [0.25, 0.3) is 5.91 Å². The fourth-order valence-corrected chi connectivity index (χ4v) is 4.19. The summed E-state index contributed by atoms with van der Waals surface area (Å²) in [4.78, 5) is 21.5. The molecule has 1 amide bonds. The molecule has 5 rings (SSSR count). The number of nitrogens with zero attached hydrogens (tertiary/aromatic N) is 3. The van der Waals surface area contributed by atoms with Crippen LogP contribution in [-0.4, -0.2) is 37.5 Å². The number of amides is 1. The van der Waals surface area contributed by atoms with Crippen molar-refractivity contribution in [2.75, 3.05) is 21.8 Å². The predicted molar refractivity (Wildman–Crippen MR) is 123 cm³/mol. The Morgan fingerprint density at radius 1 is 1.15 bits per heavy atom. The van der Waals surface area contributed by atoms with Crippen LogP contribution < -0.4 is 16.1 Å². The van der Waals surface area contributed by atoms with E-state index in [0.717, 1.165) is 49.8 Å². The largest absolute Gasteiger partial charge is 0.367 e. The van der Waals surface area contributed by atoms with Crippen LogP contribution in [0.15, 0.2) is 36.7 Å². The minimum Gasteiger partial charge on any atom is -0.367 e. The van der Waals surface area contributed by atoms with E-state index in [1.54, 1.807) is 12.1 Å². The smallest absolute Gasteiger partial charge is 0.258 e. The van der Waals surface area contributed by atoms with Crippen molar-refractivity contribution in [3.8, 4) is 0 Å². The Morgan fingerprint density at radius 2 is 1.97 bits per heavy atom. The van der Waals surface area contributed by atoms with Gasteiger partial charge in [0.1, 0.15) is 23.6 Å².